The van der Waals surface area contributed by atoms with Crippen molar-refractivity contribution >= 4 is 11.6 Å². The van der Waals surface area contributed by atoms with Gasteiger partial charge in [0.2, 0.25) is 5.91 Å². The second-order valence-electron chi connectivity index (χ2n) is 5.16. The van der Waals surface area contributed by atoms with E-state index in [1.54, 1.807) is 4.68 Å². The second kappa shape index (κ2) is 7.09. The molecule has 0 fully saturated rings. The van der Waals surface area contributed by atoms with Crippen LogP contribution < -0.4 is 15.8 Å². The van der Waals surface area contributed by atoms with E-state index in [1.807, 2.05) is 45.2 Å². The van der Waals surface area contributed by atoms with Crippen LogP contribution in [-0.2, 0) is 18.3 Å². The van der Waals surface area contributed by atoms with Gasteiger partial charge < -0.3 is 15.8 Å². The van der Waals surface area contributed by atoms with Crippen LogP contribution in [-0.4, -0.2) is 28.8 Å². The summed E-state index contributed by atoms with van der Waals surface area (Å²) in [5, 5.41) is 7.20. The van der Waals surface area contributed by atoms with Crippen LogP contribution in [0.1, 0.15) is 17.0 Å². The summed E-state index contributed by atoms with van der Waals surface area (Å²) < 4.78 is 7.19. The molecule has 22 heavy (non-hydrogen) atoms. The van der Waals surface area contributed by atoms with E-state index in [9.17, 15) is 4.79 Å². The molecule has 6 nitrogen and oxygen atoms in total. The van der Waals surface area contributed by atoms with Gasteiger partial charge in [0.15, 0.2) is 0 Å². The summed E-state index contributed by atoms with van der Waals surface area (Å²) in [6.07, 6.45) is 0.316. The van der Waals surface area contributed by atoms with Crippen LogP contribution >= 0.6 is 0 Å². The zero-order valence-electron chi connectivity index (χ0n) is 13.2. The van der Waals surface area contributed by atoms with E-state index < -0.39 is 0 Å². The molecule has 1 aromatic carbocycles. The zero-order chi connectivity index (χ0) is 16.1. The molecule has 0 saturated carbocycles. The lowest BCUT2D eigenvalue weighted by molar-refractivity contribution is -0.115. The Morgan fingerprint density at radius 1 is 1.32 bits per heavy atom. The summed E-state index contributed by atoms with van der Waals surface area (Å²) in [4.78, 5) is 12.2. The lowest BCUT2D eigenvalue weighted by atomic mass is 10.1. The highest BCUT2D eigenvalue weighted by atomic mass is 16.5. The largest absolute Gasteiger partial charge is 0.492 e. The first kappa shape index (κ1) is 16.0. The number of carbonyl (C=O) groups is 1. The number of carbonyl (C=O) groups excluding carboxylic acids is 1. The van der Waals surface area contributed by atoms with Gasteiger partial charge in [-0.15, -0.1) is 0 Å². The van der Waals surface area contributed by atoms with Crippen LogP contribution in [0.3, 0.4) is 0 Å². The molecule has 118 valence electrons. The second-order valence-corrected chi connectivity index (χ2v) is 5.16. The molecule has 0 aliphatic heterocycles. The van der Waals surface area contributed by atoms with Crippen LogP contribution in [0.4, 0.5) is 5.69 Å². The Morgan fingerprint density at radius 3 is 2.55 bits per heavy atom. The molecule has 0 unspecified atom stereocenters. The molecule has 0 radical (unpaired) electrons. The maximum atomic E-state index is 12.2. The normalized spacial score (nSPS) is 10.5. The molecule has 2 aromatic rings. The number of aromatic nitrogens is 2. The average Bonchev–Trinajstić information content (AvgIpc) is 2.73. The van der Waals surface area contributed by atoms with E-state index in [1.165, 1.54) is 0 Å². The standard InChI is InChI=1S/C16H22N4O2/c1-11-15(12(2)20(3)19-11)10-16(21)18-13-4-6-14(7-5-13)22-9-8-17/h4-7H,8-10,17H2,1-3H3,(H,18,21). The number of ether oxygens (including phenoxy) is 1. The Bertz CT molecular complexity index is 647. The lowest BCUT2D eigenvalue weighted by Crippen LogP contribution is -2.15. The molecule has 3 N–H and O–H groups in total. The van der Waals surface area contributed by atoms with E-state index in [2.05, 4.69) is 10.4 Å². The van der Waals surface area contributed by atoms with Gasteiger partial charge in [0.25, 0.3) is 0 Å². The quantitative estimate of drug-likeness (QED) is 0.848. The first-order valence-electron chi connectivity index (χ1n) is 7.23. The van der Waals surface area contributed by atoms with Crippen molar-refractivity contribution < 1.29 is 9.53 Å². The third-order valence-electron chi connectivity index (χ3n) is 3.52. The van der Waals surface area contributed by atoms with Gasteiger partial charge in [0.1, 0.15) is 12.4 Å². The molecular weight excluding hydrogens is 280 g/mol. The average molecular weight is 302 g/mol. The Labute approximate surface area is 130 Å². The van der Waals surface area contributed by atoms with Crippen molar-refractivity contribution in [2.45, 2.75) is 20.3 Å². The van der Waals surface area contributed by atoms with Crippen molar-refractivity contribution in [2.75, 3.05) is 18.5 Å². The summed E-state index contributed by atoms with van der Waals surface area (Å²) in [5.74, 6) is 0.678. The van der Waals surface area contributed by atoms with Gasteiger partial charge in [0, 0.05) is 30.5 Å². The van der Waals surface area contributed by atoms with Crippen molar-refractivity contribution in [1.29, 1.82) is 0 Å². The third-order valence-corrected chi connectivity index (χ3v) is 3.52. The van der Waals surface area contributed by atoms with Crippen LogP contribution in [0.25, 0.3) is 0 Å². The highest BCUT2D eigenvalue weighted by Crippen LogP contribution is 2.17. The molecule has 0 atom stereocenters. The monoisotopic (exact) mass is 302 g/mol. The van der Waals surface area contributed by atoms with Gasteiger partial charge in [0.05, 0.1) is 12.1 Å². The maximum absolute atomic E-state index is 12.2. The van der Waals surface area contributed by atoms with Crippen molar-refractivity contribution in [3.05, 3.63) is 41.2 Å². The predicted octanol–water partition coefficient (Wildman–Crippen LogP) is 1.56. The smallest absolute Gasteiger partial charge is 0.228 e. The first-order chi connectivity index (χ1) is 10.5. The van der Waals surface area contributed by atoms with Gasteiger partial charge in [-0.2, -0.15) is 5.10 Å². The van der Waals surface area contributed by atoms with Crippen LogP contribution in [0, 0.1) is 13.8 Å². The molecule has 0 aliphatic carbocycles. The fourth-order valence-electron chi connectivity index (χ4n) is 2.25. The molecule has 1 aromatic heterocycles. The third kappa shape index (κ3) is 3.85. The number of anilines is 1. The number of nitrogens with zero attached hydrogens (tertiary/aromatic N) is 2. The fraction of sp³-hybridized carbons (Fsp3) is 0.375. The molecule has 6 heteroatoms. The number of nitrogens with two attached hydrogens (primary N) is 1. The van der Waals surface area contributed by atoms with Crippen LogP contribution in [0.5, 0.6) is 5.75 Å². The SMILES string of the molecule is Cc1nn(C)c(C)c1CC(=O)Nc1ccc(OCCN)cc1. The highest BCUT2D eigenvalue weighted by molar-refractivity contribution is 5.92. The van der Waals surface area contributed by atoms with Gasteiger partial charge >= 0.3 is 0 Å². The molecule has 0 bridgehead atoms. The summed E-state index contributed by atoms with van der Waals surface area (Å²) in [6.45, 7) is 4.83. The van der Waals surface area contributed by atoms with Gasteiger partial charge in [-0.05, 0) is 38.1 Å². The first-order valence-corrected chi connectivity index (χ1v) is 7.23. The number of aryl methyl sites for hydroxylation is 2. The highest BCUT2D eigenvalue weighted by Gasteiger charge is 2.13. The van der Waals surface area contributed by atoms with Gasteiger partial charge in [-0.3, -0.25) is 9.48 Å². The van der Waals surface area contributed by atoms with E-state index >= 15 is 0 Å². The number of nitrogens with one attached hydrogen (secondary N) is 1. The van der Waals surface area contributed by atoms with Crippen LogP contribution in [0.15, 0.2) is 24.3 Å². The van der Waals surface area contributed by atoms with Crippen molar-refractivity contribution in [2.24, 2.45) is 12.8 Å². The molecule has 2 rings (SSSR count). The summed E-state index contributed by atoms with van der Waals surface area (Å²) in [7, 11) is 1.88. The van der Waals surface area contributed by atoms with Crippen molar-refractivity contribution in [1.82, 2.24) is 9.78 Å². The minimum Gasteiger partial charge on any atom is -0.492 e. The van der Waals surface area contributed by atoms with E-state index in [0.29, 0.717) is 19.6 Å². The zero-order valence-corrected chi connectivity index (χ0v) is 13.2. The molecule has 0 spiro atoms. The molecular formula is C16H22N4O2. The number of amides is 1. The topological polar surface area (TPSA) is 82.2 Å². The van der Waals surface area contributed by atoms with E-state index in [0.717, 1.165) is 28.4 Å². The Kier molecular flexibility index (Phi) is 5.16. The lowest BCUT2D eigenvalue weighted by Gasteiger charge is -2.08. The molecule has 1 amide bonds. The Hall–Kier alpha value is -2.34. The molecule has 0 saturated heterocycles. The fourth-order valence-corrected chi connectivity index (χ4v) is 2.25. The summed E-state index contributed by atoms with van der Waals surface area (Å²) in [6, 6.07) is 7.25. The number of hydrogen-bond acceptors (Lipinski definition) is 4. The summed E-state index contributed by atoms with van der Waals surface area (Å²) >= 11 is 0. The van der Waals surface area contributed by atoms with Gasteiger partial charge in [-0.1, -0.05) is 0 Å². The van der Waals surface area contributed by atoms with Crippen LogP contribution in [0.2, 0.25) is 0 Å². The maximum Gasteiger partial charge on any atom is 0.228 e. The number of benzene rings is 1. The van der Waals surface area contributed by atoms with Crippen molar-refractivity contribution in [3.63, 3.8) is 0 Å². The Morgan fingerprint density at radius 2 is 2.00 bits per heavy atom. The molecule has 1 heterocycles. The predicted molar refractivity (Wildman–Crippen MR) is 86.0 cm³/mol. The van der Waals surface area contributed by atoms with E-state index in [4.69, 9.17) is 10.5 Å². The number of rotatable bonds is 6. The summed E-state index contributed by atoms with van der Waals surface area (Å²) in [5.41, 5.74) is 9.00. The van der Waals surface area contributed by atoms with Gasteiger partial charge in [-0.25, -0.2) is 0 Å². The molecule has 0 aliphatic rings. The Balaban J connectivity index is 1.97. The van der Waals surface area contributed by atoms with Crippen molar-refractivity contribution in [3.8, 4) is 5.75 Å². The van der Waals surface area contributed by atoms with E-state index in [-0.39, 0.29) is 5.91 Å². The minimum atomic E-state index is -0.0603. The minimum absolute atomic E-state index is 0.0603. The number of hydrogen-bond donors (Lipinski definition) is 2.